The van der Waals surface area contributed by atoms with Crippen molar-refractivity contribution < 1.29 is 23.8 Å². The summed E-state index contributed by atoms with van der Waals surface area (Å²) in [5.74, 6) is -2.08. The summed E-state index contributed by atoms with van der Waals surface area (Å²) < 4.78 is 18.0. The first kappa shape index (κ1) is 14.9. The number of aliphatic carboxylic acids is 1. The average molecular weight is 269 g/mol. The number of carbonyl (C=O) groups excluding carboxylic acids is 1. The molecule has 0 heterocycles. The second kappa shape index (κ2) is 6.72. The van der Waals surface area contributed by atoms with Gasteiger partial charge in [0.05, 0.1) is 5.92 Å². The van der Waals surface area contributed by atoms with E-state index < -0.39 is 23.9 Å². The first-order valence-corrected chi connectivity index (χ1v) is 5.83. The van der Waals surface area contributed by atoms with Gasteiger partial charge < -0.3 is 15.2 Å². The Balaban J connectivity index is 2.44. The number of carboxylic acid groups (broad SMARTS) is 1. The highest BCUT2D eigenvalue weighted by Gasteiger charge is 2.17. The first-order chi connectivity index (χ1) is 8.90. The molecule has 1 aromatic carbocycles. The summed E-state index contributed by atoms with van der Waals surface area (Å²) in [7, 11) is 0. The molecule has 6 heteroatoms. The van der Waals surface area contributed by atoms with Crippen molar-refractivity contribution >= 4 is 11.9 Å². The molecule has 0 saturated carbocycles. The lowest BCUT2D eigenvalue weighted by Crippen LogP contribution is -2.39. The number of carboxylic acids is 1. The van der Waals surface area contributed by atoms with Crippen LogP contribution >= 0.6 is 0 Å². The summed E-state index contributed by atoms with van der Waals surface area (Å²) in [5.41, 5.74) is 0. The monoisotopic (exact) mass is 269 g/mol. The molecule has 0 spiro atoms. The Bertz CT molecular complexity index is 446. The lowest BCUT2D eigenvalue weighted by molar-refractivity contribution is -0.141. The number of amides is 1. The van der Waals surface area contributed by atoms with E-state index in [1.54, 1.807) is 0 Å². The standard InChI is InChI=1S/C13H16FNO4/c1-8(13(17)18)7-15-12(16)9(2)19-11-5-3-10(14)4-6-11/h3-6,8-9H,7H2,1-2H3,(H,15,16)(H,17,18). The maximum atomic E-state index is 12.7. The van der Waals surface area contributed by atoms with Gasteiger partial charge in [-0.15, -0.1) is 0 Å². The number of ether oxygens (including phenoxy) is 1. The van der Waals surface area contributed by atoms with Crippen molar-refractivity contribution in [1.82, 2.24) is 5.32 Å². The molecule has 0 aliphatic carbocycles. The van der Waals surface area contributed by atoms with Crippen LogP contribution in [-0.4, -0.2) is 29.6 Å². The molecular weight excluding hydrogens is 253 g/mol. The van der Waals surface area contributed by atoms with Gasteiger partial charge in [-0.25, -0.2) is 4.39 Å². The van der Waals surface area contributed by atoms with Gasteiger partial charge in [0.2, 0.25) is 0 Å². The summed E-state index contributed by atoms with van der Waals surface area (Å²) in [4.78, 5) is 22.2. The van der Waals surface area contributed by atoms with Crippen molar-refractivity contribution in [3.05, 3.63) is 30.1 Å². The van der Waals surface area contributed by atoms with Crippen molar-refractivity contribution in [1.29, 1.82) is 0 Å². The minimum Gasteiger partial charge on any atom is -0.481 e. The predicted octanol–water partition coefficient (Wildman–Crippen LogP) is 1.43. The normalized spacial score (nSPS) is 13.4. The molecule has 0 saturated heterocycles. The molecule has 1 rings (SSSR count). The minimum atomic E-state index is -0.979. The zero-order valence-electron chi connectivity index (χ0n) is 10.7. The SMILES string of the molecule is CC(CNC(=O)C(C)Oc1ccc(F)cc1)C(=O)O. The van der Waals surface area contributed by atoms with Crippen LogP contribution < -0.4 is 10.1 Å². The van der Waals surface area contributed by atoms with Crippen molar-refractivity contribution in [3.8, 4) is 5.75 Å². The molecule has 1 aromatic rings. The number of halogens is 1. The number of carbonyl (C=O) groups is 2. The Morgan fingerprint density at radius 1 is 1.32 bits per heavy atom. The van der Waals surface area contributed by atoms with Crippen LogP contribution in [-0.2, 0) is 9.59 Å². The summed E-state index contributed by atoms with van der Waals surface area (Å²) in [6.07, 6.45) is -0.786. The second-order valence-electron chi connectivity index (χ2n) is 4.20. The van der Waals surface area contributed by atoms with Crippen molar-refractivity contribution in [2.45, 2.75) is 20.0 Å². The first-order valence-electron chi connectivity index (χ1n) is 5.83. The van der Waals surface area contributed by atoms with E-state index >= 15 is 0 Å². The number of nitrogens with one attached hydrogen (secondary N) is 1. The third-order valence-electron chi connectivity index (χ3n) is 2.50. The summed E-state index contributed by atoms with van der Waals surface area (Å²) >= 11 is 0. The highest BCUT2D eigenvalue weighted by atomic mass is 19.1. The molecule has 104 valence electrons. The fourth-order valence-electron chi connectivity index (χ4n) is 1.26. The zero-order valence-corrected chi connectivity index (χ0v) is 10.7. The van der Waals surface area contributed by atoms with Crippen LogP contribution in [0.4, 0.5) is 4.39 Å². The fourth-order valence-corrected chi connectivity index (χ4v) is 1.26. The lowest BCUT2D eigenvalue weighted by atomic mass is 10.2. The molecule has 0 aromatic heterocycles. The van der Waals surface area contributed by atoms with Crippen LogP contribution in [0.5, 0.6) is 5.75 Å². The smallest absolute Gasteiger partial charge is 0.308 e. The predicted molar refractivity (Wildman–Crippen MR) is 66.3 cm³/mol. The number of hydrogen-bond acceptors (Lipinski definition) is 3. The molecule has 5 nitrogen and oxygen atoms in total. The Morgan fingerprint density at radius 2 is 1.89 bits per heavy atom. The van der Waals surface area contributed by atoms with Gasteiger partial charge in [0, 0.05) is 6.54 Å². The molecular formula is C13H16FNO4. The highest BCUT2D eigenvalue weighted by Crippen LogP contribution is 2.13. The minimum absolute atomic E-state index is 0.0330. The molecule has 0 radical (unpaired) electrons. The van der Waals surface area contributed by atoms with Crippen LogP contribution in [0, 0.1) is 11.7 Å². The van der Waals surface area contributed by atoms with E-state index in [1.807, 2.05) is 0 Å². The molecule has 19 heavy (non-hydrogen) atoms. The van der Waals surface area contributed by atoms with E-state index in [0.717, 1.165) is 0 Å². The van der Waals surface area contributed by atoms with Gasteiger partial charge in [-0.05, 0) is 31.2 Å². The molecule has 2 atom stereocenters. The number of rotatable bonds is 6. The molecule has 0 fully saturated rings. The average Bonchev–Trinajstić information content (AvgIpc) is 2.37. The van der Waals surface area contributed by atoms with Crippen LogP contribution in [0.25, 0.3) is 0 Å². The highest BCUT2D eigenvalue weighted by molar-refractivity contribution is 5.81. The number of hydrogen-bond donors (Lipinski definition) is 2. The van der Waals surface area contributed by atoms with Gasteiger partial charge in [0.25, 0.3) is 5.91 Å². The summed E-state index contributed by atoms with van der Waals surface area (Å²) in [6.45, 7) is 3.06. The van der Waals surface area contributed by atoms with Gasteiger partial charge in [-0.1, -0.05) is 6.92 Å². The van der Waals surface area contributed by atoms with Crippen molar-refractivity contribution in [3.63, 3.8) is 0 Å². The van der Waals surface area contributed by atoms with Crippen LogP contribution in [0.2, 0.25) is 0 Å². The Labute approximate surface area is 110 Å². The Kier molecular flexibility index (Phi) is 5.29. The van der Waals surface area contributed by atoms with Crippen molar-refractivity contribution in [2.75, 3.05) is 6.54 Å². The molecule has 2 unspecified atom stereocenters. The van der Waals surface area contributed by atoms with Gasteiger partial charge in [0.15, 0.2) is 6.10 Å². The maximum Gasteiger partial charge on any atom is 0.308 e. The maximum absolute atomic E-state index is 12.7. The van der Waals surface area contributed by atoms with Gasteiger partial charge in [-0.2, -0.15) is 0 Å². The largest absolute Gasteiger partial charge is 0.481 e. The van der Waals surface area contributed by atoms with Crippen LogP contribution in [0.15, 0.2) is 24.3 Å². The topological polar surface area (TPSA) is 75.6 Å². The van der Waals surface area contributed by atoms with Gasteiger partial charge in [-0.3, -0.25) is 9.59 Å². The lowest BCUT2D eigenvalue weighted by Gasteiger charge is -2.15. The molecule has 0 aliphatic rings. The molecule has 1 amide bonds. The van der Waals surface area contributed by atoms with Crippen LogP contribution in [0.3, 0.4) is 0 Å². The molecule has 2 N–H and O–H groups in total. The Hall–Kier alpha value is -2.11. The fraction of sp³-hybridized carbons (Fsp3) is 0.385. The number of benzene rings is 1. The third kappa shape index (κ3) is 4.95. The quantitative estimate of drug-likeness (QED) is 0.819. The van der Waals surface area contributed by atoms with Crippen molar-refractivity contribution in [2.24, 2.45) is 5.92 Å². The summed E-state index contributed by atoms with van der Waals surface area (Å²) in [5, 5.41) is 11.2. The van der Waals surface area contributed by atoms with E-state index in [-0.39, 0.29) is 12.4 Å². The second-order valence-corrected chi connectivity index (χ2v) is 4.20. The van der Waals surface area contributed by atoms with Gasteiger partial charge >= 0.3 is 5.97 Å². The van der Waals surface area contributed by atoms with E-state index in [2.05, 4.69) is 5.32 Å². The van der Waals surface area contributed by atoms with E-state index in [1.165, 1.54) is 38.1 Å². The van der Waals surface area contributed by atoms with E-state index in [4.69, 9.17) is 9.84 Å². The zero-order chi connectivity index (χ0) is 14.4. The molecule has 0 bridgehead atoms. The summed E-state index contributed by atoms with van der Waals surface area (Å²) in [6, 6.07) is 5.29. The molecule has 0 aliphatic heterocycles. The van der Waals surface area contributed by atoms with Gasteiger partial charge in [0.1, 0.15) is 11.6 Å². The van der Waals surface area contributed by atoms with E-state index in [9.17, 15) is 14.0 Å². The van der Waals surface area contributed by atoms with Crippen LogP contribution in [0.1, 0.15) is 13.8 Å². The van der Waals surface area contributed by atoms with E-state index in [0.29, 0.717) is 5.75 Å². The third-order valence-corrected chi connectivity index (χ3v) is 2.50. The Morgan fingerprint density at radius 3 is 2.42 bits per heavy atom.